The van der Waals surface area contributed by atoms with Crippen LogP contribution in [0.1, 0.15) is 13.8 Å². The highest BCUT2D eigenvalue weighted by atomic mass is 35.5. The fourth-order valence-electron chi connectivity index (χ4n) is 1.24. The molecule has 0 unspecified atom stereocenters. The molecule has 1 amide bonds. The SMILES string of the molecule is CC(=O)Oc1ccc(NC(=O)C(=O)Cl)cc1OC(C)=O. The average Bonchev–Trinajstić information content (AvgIpc) is 2.31. The number of anilines is 1. The Morgan fingerprint density at radius 3 is 2.05 bits per heavy atom. The molecule has 1 aromatic carbocycles. The predicted octanol–water partition coefficient (Wildman–Crippen LogP) is 1.24. The van der Waals surface area contributed by atoms with Crippen molar-refractivity contribution in [2.45, 2.75) is 13.8 Å². The van der Waals surface area contributed by atoms with Crippen molar-refractivity contribution >= 4 is 40.4 Å². The number of amides is 1. The maximum Gasteiger partial charge on any atom is 0.310 e. The number of hydrogen-bond donors (Lipinski definition) is 1. The Bertz CT molecular complexity index is 583. The van der Waals surface area contributed by atoms with Crippen molar-refractivity contribution in [3.63, 3.8) is 0 Å². The lowest BCUT2D eigenvalue weighted by atomic mass is 10.2. The minimum atomic E-state index is -1.19. The molecule has 0 aromatic heterocycles. The largest absolute Gasteiger partial charge is 0.423 e. The molecule has 0 saturated carbocycles. The topological polar surface area (TPSA) is 98.8 Å². The van der Waals surface area contributed by atoms with Crippen LogP contribution in [0.5, 0.6) is 11.5 Å². The third kappa shape index (κ3) is 4.69. The zero-order valence-electron chi connectivity index (χ0n) is 10.6. The first kappa shape index (κ1) is 15.6. The van der Waals surface area contributed by atoms with E-state index in [1.807, 2.05) is 0 Å². The number of nitrogens with one attached hydrogen (secondary N) is 1. The van der Waals surface area contributed by atoms with Gasteiger partial charge in [0.25, 0.3) is 0 Å². The molecule has 106 valence electrons. The summed E-state index contributed by atoms with van der Waals surface area (Å²) in [5.41, 5.74) is 0.149. The Morgan fingerprint density at radius 2 is 1.55 bits per heavy atom. The van der Waals surface area contributed by atoms with Crippen LogP contribution in [0.3, 0.4) is 0 Å². The van der Waals surface area contributed by atoms with Crippen molar-refractivity contribution in [2.75, 3.05) is 5.32 Å². The molecule has 7 nitrogen and oxygen atoms in total. The van der Waals surface area contributed by atoms with E-state index in [1.54, 1.807) is 0 Å². The fourth-order valence-corrected chi connectivity index (χ4v) is 1.29. The molecule has 0 aliphatic heterocycles. The lowest BCUT2D eigenvalue weighted by Gasteiger charge is -2.10. The van der Waals surface area contributed by atoms with Gasteiger partial charge in [0.15, 0.2) is 11.5 Å². The Hall–Kier alpha value is -2.41. The van der Waals surface area contributed by atoms with Crippen LogP contribution in [0.25, 0.3) is 0 Å². The number of carbonyl (C=O) groups excluding carboxylic acids is 4. The molecule has 20 heavy (non-hydrogen) atoms. The van der Waals surface area contributed by atoms with Gasteiger partial charge in [-0.25, -0.2) is 0 Å². The van der Waals surface area contributed by atoms with Gasteiger partial charge in [-0.2, -0.15) is 0 Å². The van der Waals surface area contributed by atoms with Crippen LogP contribution in [0.15, 0.2) is 18.2 Å². The van der Waals surface area contributed by atoms with Crippen molar-refractivity contribution in [3.05, 3.63) is 18.2 Å². The first-order chi connectivity index (χ1) is 9.29. The third-order valence-electron chi connectivity index (χ3n) is 1.89. The highest BCUT2D eigenvalue weighted by molar-refractivity contribution is 6.82. The van der Waals surface area contributed by atoms with Gasteiger partial charge in [0.1, 0.15) is 0 Å². The van der Waals surface area contributed by atoms with Crippen molar-refractivity contribution in [1.29, 1.82) is 0 Å². The van der Waals surface area contributed by atoms with Crippen molar-refractivity contribution < 1.29 is 28.7 Å². The summed E-state index contributed by atoms with van der Waals surface area (Å²) >= 11 is 5.00. The summed E-state index contributed by atoms with van der Waals surface area (Å²) in [4.78, 5) is 43.6. The van der Waals surface area contributed by atoms with Crippen molar-refractivity contribution in [3.8, 4) is 11.5 Å². The molecule has 0 saturated heterocycles. The first-order valence-electron chi connectivity index (χ1n) is 5.31. The molecule has 0 fully saturated rings. The number of carbonyl (C=O) groups is 4. The van der Waals surface area contributed by atoms with E-state index in [0.29, 0.717) is 0 Å². The summed E-state index contributed by atoms with van der Waals surface area (Å²) in [6.07, 6.45) is 0. The van der Waals surface area contributed by atoms with Crippen LogP contribution >= 0.6 is 11.6 Å². The van der Waals surface area contributed by atoms with E-state index in [2.05, 4.69) is 5.32 Å². The zero-order valence-corrected chi connectivity index (χ0v) is 11.3. The van der Waals surface area contributed by atoms with Gasteiger partial charge in [-0.1, -0.05) is 0 Å². The summed E-state index contributed by atoms with van der Waals surface area (Å²) in [6, 6.07) is 3.87. The van der Waals surface area contributed by atoms with Crippen molar-refractivity contribution in [1.82, 2.24) is 0 Å². The molecule has 1 aromatic rings. The van der Waals surface area contributed by atoms with E-state index in [4.69, 9.17) is 21.1 Å². The van der Waals surface area contributed by atoms with E-state index in [-0.39, 0.29) is 17.2 Å². The summed E-state index contributed by atoms with van der Waals surface area (Å²) in [5.74, 6) is -2.36. The minimum Gasteiger partial charge on any atom is -0.423 e. The zero-order chi connectivity index (χ0) is 15.3. The van der Waals surface area contributed by atoms with Gasteiger partial charge in [-0.15, -0.1) is 0 Å². The van der Waals surface area contributed by atoms with Crippen LogP contribution in [-0.2, 0) is 19.2 Å². The Kier molecular flexibility index (Phi) is 5.22. The van der Waals surface area contributed by atoms with Gasteiger partial charge >= 0.3 is 23.1 Å². The highest BCUT2D eigenvalue weighted by Gasteiger charge is 2.14. The predicted molar refractivity (Wildman–Crippen MR) is 68.5 cm³/mol. The smallest absolute Gasteiger partial charge is 0.310 e. The Balaban J connectivity index is 3.06. The van der Waals surface area contributed by atoms with E-state index in [0.717, 1.165) is 6.92 Å². The molecule has 8 heteroatoms. The second-order valence-electron chi connectivity index (χ2n) is 3.58. The standard InChI is InChI=1S/C12H10ClNO6/c1-6(15)19-9-4-3-8(14-12(18)11(13)17)5-10(9)20-7(2)16/h3-5H,1-2H3,(H,14,18). The summed E-state index contributed by atoms with van der Waals surface area (Å²) in [6.45, 7) is 2.34. The number of halogens is 1. The highest BCUT2D eigenvalue weighted by Crippen LogP contribution is 2.31. The molecule has 0 bridgehead atoms. The van der Waals surface area contributed by atoms with Crippen LogP contribution in [-0.4, -0.2) is 23.1 Å². The van der Waals surface area contributed by atoms with Gasteiger partial charge < -0.3 is 14.8 Å². The van der Waals surface area contributed by atoms with Crippen LogP contribution in [0.2, 0.25) is 0 Å². The molecule has 0 aliphatic rings. The maximum atomic E-state index is 11.1. The van der Waals surface area contributed by atoms with Gasteiger partial charge in [0.05, 0.1) is 0 Å². The van der Waals surface area contributed by atoms with Crippen LogP contribution < -0.4 is 14.8 Å². The summed E-state index contributed by atoms with van der Waals surface area (Å²) in [7, 11) is 0. The lowest BCUT2D eigenvalue weighted by Crippen LogP contribution is -2.18. The van der Waals surface area contributed by atoms with Gasteiger partial charge in [0, 0.05) is 25.6 Å². The maximum absolute atomic E-state index is 11.1. The fraction of sp³-hybridized carbons (Fsp3) is 0.167. The molecule has 1 rings (SSSR count). The molecular weight excluding hydrogens is 290 g/mol. The molecule has 0 heterocycles. The van der Waals surface area contributed by atoms with Gasteiger partial charge in [-0.05, 0) is 23.7 Å². The molecular formula is C12H10ClNO6. The molecule has 0 radical (unpaired) electrons. The first-order valence-corrected chi connectivity index (χ1v) is 5.69. The average molecular weight is 300 g/mol. The van der Waals surface area contributed by atoms with E-state index in [1.165, 1.54) is 25.1 Å². The number of benzene rings is 1. The second-order valence-corrected chi connectivity index (χ2v) is 3.92. The van der Waals surface area contributed by atoms with Crippen LogP contribution in [0, 0.1) is 0 Å². The second kappa shape index (κ2) is 6.67. The summed E-state index contributed by atoms with van der Waals surface area (Å²) in [5, 5.41) is 0.992. The van der Waals surface area contributed by atoms with Gasteiger partial charge in [-0.3, -0.25) is 19.2 Å². The van der Waals surface area contributed by atoms with Crippen LogP contribution in [0.4, 0.5) is 5.69 Å². The molecule has 0 aliphatic carbocycles. The quantitative estimate of drug-likeness (QED) is 0.389. The third-order valence-corrected chi connectivity index (χ3v) is 2.06. The Morgan fingerprint density at radius 1 is 1.00 bits per heavy atom. The van der Waals surface area contributed by atoms with Crippen molar-refractivity contribution in [2.24, 2.45) is 0 Å². The summed E-state index contributed by atoms with van der Waals surface area (Å²) < 4.78 is 9.68. The monoisotopic (exact) mass is 299 g/mol. The van der Waals surface area contributed by atoms with Gasteiger partial charge in [0.2, 0.25) is 0 Å². The number of ether oxygens (including phenoxy) is 2. The number of hydrogen-bond acceptors (Lipinski definition) is 6. The molecule has 0 atom stereocenters. The minimum absolute atomic E-state index is 0.00268. The molecule has 1 N–H and O–H groups in total. The van der Waals surface area contributed by atoms with E-state index < -0.39 is 23.1 Å². The van der Waals surface area contributed by atoms with E-state index in [9.17, 15) is 19.2 Å². The van der Waals surface area contributed by atoms with E-state index >= 15 is 0 Å². The number of rotatable bonds is 4. The normalized spacial score (nSPS) is 9.55. The molecule has 0 spiro atoms. The number of esters is 2. The lowest BCUT2D eigenvalue weighted by molar-refractivity contribution is -0.134. The Labute approximate surface area is 118 Å².